The Balaban J connectivity index is 1.77. The van der Waals surface area contributed by atoms with E-state index in [9.17, 15) is 0 Å². The maximum Gasteiger partial charge on any atom is 0.128 e. The van der Waals surface area contributed by atoms with Crippen LogP contribution in [0.3, 0.4) is 0 Å². The molecule has 0 fully saturated rings. The van der Waals surface area contributed by atoms with E-state index >= 15 is 0 Å². The van der Waals surface area contributed by atoms with Crippen LogP contribution in [0.15, 0.2) is 18.3 Å². The quantitative estimate of drug-likeness (QED) is 0.540. The van der Waals surface area contributed by atoms with Gasteiger partial charge in [-0.05, 0) is 53.7 Å². The van der Waals surface area contributed by atoms with Crippen LogP contribution in [-0.2, 0) is 19.6 Å². The van der Waals surface area contributed by atoms with Gasteiger partial charge in [-0.2, -0.15) is 10.2 Å². The van der Waals surface area contributed by atoms with Gasteiger partial charge in [-0.1, -0.05) is 0 Å². The number of nitrogens with zero attached hydrogens (tertiary/aromatic N) is 6. The van der Waals surface area contributed by atoms with E-state index in [0.29, 0.717) is 0 Å². The van der Waals surface area contributed by atoms with Crippen molar-refractivity contribution >= 4 is 0 Å². The molecular formula is C23H34N6O. The van der Waals surface area contributed by atoms with Crippen LogP contribution >= 0.6 is 0 Å². The predicted octanol–water partition coefficient (Wildman–Crippen LogP) is 3.54. The fourth-order valence-corrected chi connectivity index (χ4v) is 3.99. The molecule has 3 heterocycles. The molecule has 3 aromatic rings. The zero-order valence-corrected chi connectivity index (χ0v) is 19.4. The summed E-state index contributed by atoms with van der Waals surface area (Å²) >= 11 is 0. The first kappa shape index (κ1) is 22.0. The van der Waals surface area contributed by atoms with E-state index in [1.165, 1.54) is 11.4 Å². The summed E-state index contributed by atoms with van der Waals surface area (Å²) in [4.78, 5) is 7.14. The molecule has 0 spiro atoms. The minimum Gasteiger partial charge on any atom is -0.496 e. The summed E-state index contributed by atoms with van der Waals surface area (Å²) in [7, 11) is 1.72. The first-order chi connectivity index (χ1) is 14.3. The highest BCUT2D eigenvalue weighted by Crippen LogP contribution is 2.24. The Morgan fingerprint density at radius 2 is 1.40 bits per heavy atom. The third-order valence-electron chi connectivity index (χ3n) is 5.59. The summed E-state index contributed by atoms with van der Waals surface area (Å²) in [5.74, 6) is 0.928. The summed E-state index contributed by atoms with van der Waals surface area (Å²) < 4.78 is 9.78. The van der Waals surface area contributed by atoms with Crippen molar-refractivity contribution in [2.75, 3.05) is 20.2 Å². The Bertz CT molecular complexity index is 953. The Morgan fingerprint density at radius 3 is 1.83 bits per heavy atom. The molecule has 0 atom stereocenters. The van der Waals surface area contributed by atoms with Gasteiger partial charge in [-0.25, -0.2) is 0 Å². The summed E-state index contributed by atoms with van der Waals surface area (Å²) in [5.41, 5.74) is 7.73. The van der Waals surface area contributed by atoms with E-state index in [1.54, 1.807) is 7.11 Å². The zero-order chi connectivity index (χ0) is 21.8. The molecule has 0 aliphatic carbocycles. The van der Waals surface area contributed by atoms with Gasteiger partial charge in [0.25, 0.3) is 0 Å². The lowest BCUT2D eigenvalue weighted by molar-refractivity contribution is 0.232. The molecular weight excluding hydrogens is 376 g/mol. The smallest absolute Gasteiger partial charge is 0.128 e. The molecule has 3 rings (SSSR count). The van der Waals surface area contributed by atoms with Crippen molar-refractivity contribution in [2.45, 2.75) is 61.2 Å². The lowest BCUT2D eigenvalue weighted by atomic mass is 10.1. The lowest BCUT2D eigenvalue weighted by Gasteiger charge is -2.24. The van der Waals surface area contributed by atoms with E-state index < -0.39 is 0 Å². The van der Waals surface area contributed by atoms with Crippen molar-refractivity contribution in [1.29, 1.82) is 0 Å². The molecule has 0 aromatic carbocycles. The maximum atomic E-state index is 5.61. The number of methoxy groups -OCH3 is 1. The van der Waals surface area contributed by atoms with E-state index in [4.69, 9.17) is 9.72 Å². The molecule has 0 unspecified atom stereocenters. The SMILES string of the molecule is COc1c(C)cnc(CN(CCn2nc(C)cc2C)CCn2nc(C)cc2C)c1C. The second kappa shape index (κ2) is 9.43. The van der Waals surface area contributed by atoms with Gasteiger partial charge in [0.15, 0.2) is 0 Å². The van der Waals surface area contributed by atoms with Gasteiger partial charge in [-0.3, -0.25) is 19.2 Å². The third-order valence-corrected chi connectivity index (χ3v) is 5.59. The molecule has 0 amide bonds. The number of aromatic nitrogens is 5. The van der Waals surface area contributed by atoms with Crippen LogP contribution in [0.25, 0.3) is 0 Å². The van der Waals surface area contributed by atoms with Crippen molar-refractivity contribution in [3.8, 4) is 5.75 Å². The number of pyridine rings is 1. The molecule has 0 aliphatic heterocycles. The topological polar surface area (TPSA) is 61.0 Å². The maximum absolute atomic E-state index is 5.61. The second-order valence-corrected chi connectivity index (χ2v) is 8.12. The van der Waals surface area contributed by atoms with Crippen LogP contribution in [0.5, 0.6) is 5.75 Å². The molecule has 3 aromatic heterocycles. The molecule has 0 N–H and O–H groups in total. The minimum atomic E-state index is 0.765. The fraction of sp³-hybridized carbons (Fsp3) is 0.522. The van der Waals surface area contributed by atoms with E-state index in [0.717, 1.165) is 66.7 Å². The van der Waals surface area contributed by atoms with Gasteiger partial charge in [0, 0.05) is 48.3 Å². The van der Waals surface area contributed by atoms with E-state index in [2.05, 4.69) is 57.4 Å². The molecule has 0 aliphatic rings. The lowest BCUT2D eigenvalue weighted by Crippen LogP contribution is -2.32. The highest BCUT2D eigenvalue weighted by atomic mass is 16.5. The Labute approximate surface area is 179 Å². The van der Waals surface area contributed by atoms with Crippen molar-refractivity contribution in [3.63, 3.8) is 0 Å². The number of rotatable bonds is 9. The van der Waals surface area contributed by atoms with Gasteiger partial charge in [0.05, 0.1) is 37.3 Å². The Kier molecular flexibility index (Phi) is 6.92. The van der Waals surface area contributed by atoms with Crippen molar-refractivity contribution in [3.05, 3.63) is 57.9 Å². The fourth-order valence-electron chi connectivity index (χ4n) is 3.99. The number of ether oxygens (including phenoxy) is 1. The predicted molar refractivity (Wildman–Crippen MR) is 119 cm³/mol. The van der Waals surface area contributed by atoms with Gasteiger partial charge < -0.3 is 4.74 Å². The number of hydrogen-bond acceptors (Lipinski definition) is 5. The Morgan fingerprint density at radius 1 is 0.867 bits per heavy atom. The van der Waals surface area contributed by atoms with Crippen LogP contribution in [0.4, 0.5) is 0 Å². The molecule has 30 heavy (non-hydrogen) atoms. The summed E-state index contributed by atoms with van der Waals surface area (Å²) in [6.45, 7) is 16.6. The zero-order valence-electron chi connectivity index (χ0n) is 19.4. The van der Waals surface area contributed by atoms with Gasteiger partial charge in [0.2, 0.25) is 0 Å². The average Bonchev–Trinajstić information content (AvgIpc) is 3.19. The van der Waals surface area contributed by atoms with Crippen molar-refractivity contribution < 1.29 is 4.74 Å². The summed E-state index contributed by atoms with van der Waals surface area (Å²) in [6.07, 6.45) is 1.90. The van der Waals surface area contributed by atoms with Crippen LogP contribution in [0.2, 0.25) is 0 Å². The average molecular weight is 411 g/mol. The number of hydrogen-bond donors (Lipinski definition) is 0. The van der Waals surface area contributed by atoms with Gasteiger partial charge >= 0.3 is 0 Å². The Hall–Kier alpha value is -2.67. The van der Waals surface area contributed by atoms with Crippen molar-refractivity contribution in [2.24, 2.45) is 0 Å². The highest BCUT2D eigenvalue weighted by molar-refractivity contribution is 5.41. The van der Waals surface area contributed by atoms with E-state index in [1.807, 2.05) is 27.0 Å². The largest absolute Gasteiger partial charge is 0.496 e. The minimum absolute atomic E-state index is 0.765. The van der Waals surface area contributed by atoms with Gasteiger partial charge in [0.1, 0.15) is 5.75 Å². The molecule has 0 bridgehead atoms. The van der Waals surface area contributed by atoms with Crippen LogP contribution in [-0.4, -0.2) is 49.6 Å². The van der Waals surface area contributed by atoms with Crippen LogP contribution in [0, 0.1) is 41.5 Å². The third kappa shape index (κ3) is 5.08. The van der Waals surface area contributed by atoms with Crippen LogP contribution in [0.1, 0.15) is 39.6 Å². The molecule has 7 nitrogen and oxygen atoms in total. The summed E-state index contributed by atoms with van der Waals surface area (Å²) in [5, 5.41) is 9.24. The monoisotopic (exact) mass is 410 g/mol. The highest BCUT2D eigenvalue weighted by Gasteiger charge is 2.15. The first-order valence-corrected chi connectivity index (χ1v) is 10.5. The molecule has 0 saturated heterocycles. The van der Waals surface area contributed by atoms with Gasteiger partial charge in [-0.15, -0.1) is 0 Å². The van der Waals surface area contributed by atoms with Crippen molar-refractivity contribution in [1.82, 2.24) is 29.4 Å². The molecule has 7 heteroatoms. The molecule has 0 radical (unpaired) electrons. The number of aryl methyl sites for hydroxylation is 5. The molecule has 162 valence electrons. The van der Waals surface area contributed by atoms with Crippen LogP contribution < -0.4 is 4.74 Å². The van der Waals surface area contributed by atoms with E-state index in [-0.39, 0.29) is 0 Å². The first-order valence-electron chi connectivity index (χ1n) is 10.5. The molecule has 0 saturated carbocycles. The second-order valence-electron chi connectivity index (χ2n) is 8.12. The normalized spacial score (nSPS) is 11.5. The summed E-state index contributed by atoms with van der Waals surface area (Å²) in [6, 6.07) is 4.24. The standard InChI is InChI=1S/C23H34N6O/c1-16-14-24-22(21(6)23(16)30-7)15-27(8-10-28-19(4)12-17(2)25-28)9-11-29-20(5)13-18(3)26-29/h12-14H,8-11,15H2,1-7H3.